The largest absolute Gasteiger partial charge is 0.492 e. The first-order valence-corrected chi connectivity index (χ1v) is 7.44. The zero-order valence-corrected chi connectivity index (χ0v) is 13.1. The molecule has 0 saturated heterocycles. The molecule has 2 N–H and O–H groups in total. The molecule has 1 aromatic rings. The van der Waals surface area contributed by atoms with Crippen LogP contribution in [0.2, 0.25) is 0 Å². The molecule has 0 bridgehead atoms. The highest BCUT2D eigenvalue weighted by Gasteiger charge is 2.32. The Balaban J connectivity index is 1.92. The molecule has 0 radical (unpaired) electrons. The van der Waals surface area contributed by atoms with Gasteiger partial charge < -0.3 is 15.2 Å². The average molecular weight is 277 g/mol. The van der Waals surface area contributed by atoms with E-state index in [4.69, 9.17) is 4.74 Å². The van der Waals surface area contributed by atoms with Crippen LogP contribution in [-0.4, -0.2) is 29.9 Å². The number of ether oxygens (including phenoxy) is 1. The highest BCUT2D eigenvalue weighted by atomic mass is 16.5. The van der Waals surface area contributed by atoms with Gasteiger partial charge in [0, 0.05) is 6.04 Å². The molecule has 1 atom stereocenters. The standard InChI is InChI=1S/C17H27NO2/c1-16(2,3)13-5-9-15(10-6-13)20-12-17(4,11-19)18-14-7-8-14/h5-6,9-10,14,18-19H,7-8,11-12H2,1-4H3. The number of nitrogens with one attached hydrogen (secondary N) is 1. The van der Waals surface area contributed by atoms with Crippen molar-refractivity contribution < 1.29 is 9.84 Å². The van der Waals surface area contributed by atoms with E-state index < -0.39 is 0 Å². The molecule has 1 saturated carbocycles. The second-order valence-electron chi connectivity index (χ2n) is 7.20. The van der Waals surface area contributed by atoms with Crippen molar-refractivity contribution in [2.24, 2.45) is 0 Å². The molecule has 1 aliphatic carbocycles. The molecule has 1 aromatic carbocycles. The maximum absolute atomic E-state index is 9.55. The third kappa shape index (κ3) is 4.22. The summed E-state index contributed by atoms with van der Waals surface area (Å²) in [7, 11) is 0. The highest BCUT2D eigenvalue weighted by molar-refractivity contribution is 5.31. The lowest BCUT2D eigenvalue weighted by Crippen LogP contribution is -2.51. The van der Waals surface area contributed by atoms with Crippen LogP contribution in [0.25, 0.3) is 0 Å². The van der Waals surface area contributed by atoms with Gasteiger partial charge in [0.05, 0.1) is 12.1 Å². The topological polar surface area (TPSA) is 41.5 Å². The number of aliphatic hydroxyl groups excluding tert-OH is 1. The molecule has 0 spiro atoms. The van der Waals surface area contributed by atoms with Crippen LogP contribution in [0.1, 0.15) is 46.1 Å². The van der Waals surface area contributed by atoms with Crippen LogP contribution in [0.4, 0.5) is 0 Å². The monoisotopic (exact) mass is 277 g/mol. The first kappa shape index (κ1) is 15.3. The summed E-state index contributed by atoms with van der Waals surface area (Å²) in [5, 5.41) is 13.0. The molecule has 2 rings (SSSR count). The Labute approximate surface area is 122 Å². The van der Waals surface area contributed by atoms with Crippen molar-refractivity contribution >= 4 is 0 Å². The molecule has 112 valence electrons. The Bertz CT molecular complexity index is 431. The third-order valence-electron chi connectivity index (χ3n) is 3.76. The van der Waals surface area contributed by atoms with E-state index in [1.54, 1.807) is 0 Å². The van der Waals surface area contributed by atoms with E-state index in [1.165, 1.54) is 18.4 Å². The summed E-state index contributed by atoms with van der Waals surface area (Å²) in [6, 6.07) is 8.80. The van der Waals surface area contributed by atoms with Gasteiger partial charge in [0.15, 0.2) is 0 Å². The number of rotatable bonds is 6. The molecule has 0 aromatic heterocycles. The Kier molecular flexibility index (Phi) is 4.40. The molecule has 1 fully saturated rings. The summed E-state index contributed by atoms with van der Waals surface area (Å²) in [5.74, 6) is 0.857. The zero-order chi connectivity index (χ0) is 14.8. The van der Waals surface area contributed by atoms with Crippen molar-refractivity contribution in [1.29, 1.82) is 0 Å². The van der Waals surface area contributed by atoms with Gasteiger partial charge in [-0.05, 0) is 42.9 Å². The van der Waals surface area contributed by atoms with E-state index in [-0.39, 0.29) is 17.6 Å². The molecule has 0 heterocycles. The maximum Gasteiger partial charge on any atom is 0.119 e. The minimum Gasteiger partial charge on any atom is -0.492 e. The lowest BCUT2D eigenvalue weighted by molar-refractivity contribution is 0.114. The molecule has 20 heavy (non-hydrogen) atoms. The van der Waals surface area contributed by atoms with Gasteiger partial charge >= 0.3 is 0 Å². The van der Waals surface area contributed by atoms with Crippen LogP contribution < -0.4 is 10.1 Å². The van der Waals surface area contributed by atoms with Crippen LogP contribution in [0.15, 0.2) is 24.3 Å². The smallest absolute Gasteiger partial charge is 0.119 e. The third-order valence-corrected chi connectivity index (χ3v) is 3.76. The molecule has 3 heteroatoms. The summed E-state index contributed by atoms with van der Waals surface area (Å²) in [5.41, 5.74) is 1.10. The fourth-order valence-corrected chi connectivity index (χ4v) is 2.15. The van der Waals surface area contributed by atoms with Gasteiger partial charge in [-0.3, -0.25) is 0 Å². The minimum atomic E-state index is -0.357. The molecule has 3 nitrogen and oxygen atoms in total. The van der Waals surface area contributed by atoms with Gasteiger partial charge in [0.1, 0.15) is 12.4 Å². The summed E-state index contributed by atoms with van der Waals surface area (Å²) in [6.07, 6.45) is 2.41. The second-order valence-corrected chi connectivity index (χ2v) is 7.20. The van der Waals surface area contributed by atoms with E-state index >= 15 is 0 Å². The van der Waals surface area contributed by atoms with Gasteiger partial charge in [-0.15, -0.1) is 0 Å². The molecule has 0 amide bonds. The van der Waals surface area contributed by atoms with Crippen LogP contribution in [0.3, 0.4) is 0 Å². The SMILES string of the molecule is CC(CO)(COc1ccc(C(C)(C)C)cc1)NC1CC1. The van der Waals surface area contributed by atoms with E-state index in [2.05, 4.69) is 38.2 Å². The lowest BCUT2D eigenvalue weighted by Gasteiger charge is -2.29. The number of hydrogen-bond donors (Lipinski definition) is 2. The average Bonchev–Trinajstić information content (AvgIpc) is 3.20. The zero-order valence-electron chi connectivity index (χ0n) is 13.1. The van der Waals surface area contributed by atoms with Gasteiger partial charge in [0.2, 0.25) is 0 Å². The number of aliphatic hydroxyl groups is 1. The summed E-state index contributed by atoms with van der Waals surface area (Å²) >= 11 is 0. The fraction of sp³-hybridized carbons (Fsp3) is 0.647. The Morgan fingerprint density at radius 2 is 1.75 bits per heavy atom. The first-order valence-electron chi connectivity index (χ1n) is 7.44. The second kappa shape index (κ2) is 5.74. The summed E-state index contributed by atoms with van der Waals surface area (Å²) in [4.78, 5) is 0. The fourth-order valence-electron chi connectivity index (χ4n) is 2.15. The number of hydrogen-bond acceptors (Lipinski definition) is 3. The van der Waals surface area contributed by atoms with Crippen LogP contribution >= 0.6 is 0 Å². The highest BCUT2D eigenvalue weighted by Crippen LogP contribution is 2.25. The molecular weight excluding hydrogens is 250 g/mol. The van der Waals surface area contributed by atoms with Crippen LogP contribution in [0, 0.1) is 0 Å². The Hall–Kier alpha value is -1.06. The predicted octanol–water partition coefficient (Wildman–Crippen LogP) is 2.87. The van der Waals surface area contributed by atoms with Crippen molar-refractivity contribution in [3.8, 4) is 5.75 Å². The summed E-state index contributed by atoms with van der Waals surface area (Å²) in [6.45, 7) is 9.18. The van der Waals surface area contributed by atoms with Crippen LogP contribution in [0.5, 0.6) is 5.75 Å². The van der Waals surface area contributed by atoms with Gasteiger partial charge in [-0.25, -0.2) is 0 Å². The van der Waals surface area contributed by atoms with Gasteiger partial charge in [0.25, 0.3) is 0 Å². The minimum absolute atomic E-state index is 0.0869. The predicted molar refractivity (Wildman–Crippen MR) is 82.3 cm³/mol. The van der Waals surface area contributed by atoms with Crippen molar-refractivity contribution in [3.05, 3.63) is 29.8 Å². The van der Waals surface area contributed by atoms with Crippen molar-refractivity contribution in [3.63, 3.8) is 0 Å². The maximum atomic E-state index is 9.55. The Morgan fingerprint density at radius 1 is 1.15 bits per heavy atom. The number of benzene rings is 1. The Morgan fingerprint density at radius 3 is 2.20 bits per heavy atom. The van der Waals surface area contributed by atoms with E-state index in [1.807, 2.05) is 19.1 Å². The van der Waals surface area contributed by atoms with E-state index in [9.17, 15) is 5.11 Å². The molecular formula is C17H27NO2. The molecule has 1 aliphatic rings. The quantitative estimate of drug-likeness (QED) is 0.840. The lowest BCUT2D eigenvalue weighted by atomic mass is 9.87. The van der Waals surface area contributed by atoms with Crippen molar-refractivity contribution in [2.45, 2.75) is 57.5 Å². The van der Waals surface area contributed by atoms with Crippen LogP contribution in [-0.2, 0) is 5.41 Å². The molecule has 1 unspecified atom stereocenters. The normalized spacial score (nSPS) is 18.6. The van der Waals surface area contributed by atoms with Crippen molar-refractivity contribution in [2.75, 3.05) is 13.2 Å². The van der Waals surface area contributed by atoms with E-state index in [0.717, 1.165) is 5.75 Å². The van der Waals surface area contributed by atoms with Gasteiger partial charge in [-0.2, -0.15) is 0 Å². The van der Waals surface area contributed by atoms with E-state index in [0.29, 0.717) is 12.6 Å². The van der Waals surface area contributed by atoms with Gasteiger partial charge in [-0.1, -0.05) is 32.9 Å². The first-order chi connectivity index (χ1) is 9.32. The van der Waals surface area contributed by atoms with Crippen molar-refractivity contribution in [1.82, 2.24) is 5.32 Å². The molecule has 0 aliphatic heterocycles. The summed E-state index contributed by atoms with van der Waals surface area (Å²) < 4.78 is 5.84.